The fourth-order valence-electron chi connectivity index (χ4n) is 0.875. The maximum absolute atomic E-state index is 10.3. The van der Waals surface area contributed by atoms with E-state index in [1.165, 1.54) is 6.07 Å². The van der Waals surface area contributed by atoms with Gasteiger partial charge in [-0.15, -0.1) is 10.2 Å². The average molecular weight is 237 g/mol. The molecule has 0 amide bonds. The van der Waals surface area contributed by atoms with E-state index >= 15 is 0 Å². The van der Waals surface area contributed by atoms with Crippen LogP contribution in [0.3, 0.4) is 0 Å². The van der Waals surface area contributed by atoms with Crippen LogP contribution in [0.4, 0.5) is 0 Å². The van der Waals surface area contributed by atoms with Crippen molar-refractivity contribution in [2.24, 2.45) is 0 Å². The highest BCUT2D eigenvalue weighted by atomic mass is 35.5. The van der Waals surface area contributed by atoms with Gasteiger partial charge in [0.1, 0.15) is 0 Å². The Bertz CT molecular complexity index is 359. The van der Waals surface area contributed by atoms with Crippen molar-refractivity contribution in [1.29, 1.82) is 0 Å². The molecule has 14 heavy (non-hydrogen) atoms. The molecule has 7 heteroatoms. The van der Waals surface area contributed by atoms with E-state index < -0.39 is 18.5 Å². The van der Waals surface area contributed by atoms with Crippen molar-refractivity contribution < 1.29 is 15.0 Å². The van der Waals surface area contributed by atoms with E-state index in [-0.39, 0.29) is 15.9 Å². The third-order valence-corrected chi connectivity index (χ3v) is 1.95. The molecule has 0 bridgehead atoms. The highest BCUT2D eigenvalue weighted by Gasteiger charge is 2.17. The Morgan fingerprint density at radius 2 is 2.14 bits per heavy atom. The monoisotopic (exact) mass is 236 g/mol. The lowest BCUT2D eigenvalue weighted by Crippen LogP contribution is -2.07. The molecule has 76 valence electrons. The van der Waals surface area contributed by atoms with Crippen LogP contribution < -0.4 is 0 Å². The lowest BCUT2D eigenvalue weighted by Gasteiger charge is -2.08. The third-order valence-electron chi connectivity index (χ3n) is 1.47. The van der Waals surface area contributed by atoms with Gasteiger partial charge >= 0.3 is 5.97 Å². The highest BCUT2D eigenvalue weighted by molar-refractivity contribution is 6.31. The highest BCUT2D eigenvalue weighted by Crippen LogP contribution is 2.24. The molecular weight excluding hydrogens is 231 g/mol. The summed E-state index contributed by atoms with van der Waals surface area (Å²) in [6.45, 7) is 0. The molecule has 1 aromatic rings. The standard InChI is InChI=1S/C7H6Cl2N2O3/c8-5-1-3(7(9)11-10-5)4(12)2-6(13)14/h1,4,12H,2H2,(H,13,14). The summed E-state index contributed by atoms with van der Waals surface area (Å²) in [6, 6.07) is 1.28. The van der Waals surface area contributed by atoms with Gasteiger partial charge in [-0.3, -0.25) is 4.79 Å². The van der Waals surface area contributed by atoms with Gasteiger partial charge in [0, 0.05) is 5.56 Å². The number of carboxylic acid groups (broad SMARTS) is 1. The first kappa shape index (κ1) is 11.2. The minimum atomic E-state index is -1.23. The molecule has 0 spiro atoms. The maximum atomic E-state index is 10.3. The van der Waals surface area contributed by atoms with Crippen LogP contribution in [0.5, 0.6) is 0 Å². The zero-order chi connectivity index (χ0) is 10.7. The number of hydrogen-bond acceptors (Lipinski definition) is 4. The number of aliphatic hydroxyl groups excluding tert-OH is 1. The van der Waals surface area contributed by atoms with Crippen molar-refractivity contribution in [1.82, 2.24) is 10.2 Å². The number of hydrogen-bond donors (Lipinski definition) is 2. The summed E-state index contributed by atoms with van der Waals surface area (Å²) >= 11 is 11.1. The van der Waals surface area contributed by atoms with Crippen LogP contribution in [0.15, 0.2) is 6.07 Å². The van der Waals surface area contributed by atoms with E-state index in [4.69, 9.17) is 28.3 Å². The van der Waals surface area contributed by atoms with E-state index in [9.17, 15) is 9.90 Å². The number of rotatable bonds is 3. The van der Waals surface area contributed by atoms with Gasteiger partial charge in [-0.2, -0.15) is 0 Å². The van der Waals surface area contributed by atoms with Gasteiger partial charge < -0.3 is 10.2 Å². The normalized spacial score (nSPS) is 12.5. The minimum absolute atomic E-state index is 0.0499. The zero-order valence-electron chi connectivity index (χ0n) is 6.81. The Hall–Kier alpha value is -0.910. The first-order valence-electron chi connectivity index (χ1n) is 3.59. The largest absolute Gasteiger partial charge is 0.481 e. The van der Waals surface area contributed by atoms with Crippen molar-refractivity contribution in [2.45, 2.75) is 12.5 Å². The quantitative estimate of drug-likeness (QED) is 0.827. The molecule has 0 saturated carbocycles. The molecule has 0 aliphatic carbocycles. The lowest BCUT2D eigenvalue weighted by molar-refractivity contribution is -0.139. The van der Waals surface area contributed by atoms with E-state index in [0.717, 1.165) is 0 Å². The van der Waals surface area contributed by atoms with Gasteiger partial charge in [0.25, 0.3) is 0 Å². The summed E-state index contributed by atoms with van der Waals surface area (Å²) in [6.07, 6.45) is -1.69. The average Bonchev–Trinajstić information content (AvgIpc) is 2.08. The molecular formula is C7H6Cl2N2O3. The predicted molar refractivity (Wildman–Crippen MR) is 49.3 cm³/mol. The van der Waals surface area contributed by atoms with E-state index in [0.29, 0.717) is 0 Å². The predicted octanol–water partition coefficient (Wildman–Crippen LogP) is 1.29. The topological polar surface area (TPSA) is 83.3 Å². The number of aliphatic carboxylic acids is 1. The summed E-state index contributed by atoms with van der Waals surface area (Å²) in [4.78, 5) is 10.3. The van der Waals surface area contributed by atoms with Gasteiger partial charge in [0.2, 0.25) is 0 Å². The van der Waals surface area contributed by atoms with Crippen LogP contribution in [-0.4, -0.2) is 26.4 Å². The first-order valence-corrected chi connectivity index (χ1v) is 4.34. The second kappa shape index (κ2) is 4.54. The fraction of sp³-hybridized carbons (Fsp3) is 0.286. The molecule has 1 heterocycles. The van der Waals surface area contributed by atoms with Gasteiger partial charge in [-0.05, 0) is 6.07 Å². The lowest BCUT2D eigenvalue weighted by atomic mass is 10.1. The molecule has 0 aromatic carbocycles. The Morgan fingerprint density at radius 1 is 1.50 bits per heavy atom. The van der Waals surface area contributed by atoms with Crippen molar-refractivity contribution in [3.8, 4) is 0 Å². The Labute approximate surface area is 89.3 Å². The molecule has 0 aliphatic rings. The van der Waals surface area contributed by atoms with Crippen LogP contribution in [0.1, 0.15) is 18.1 Å². The molecule has 1 atom stereocenters. The molecule has 0 saturated heterocycles. The van der Waals surface area contributed by atoms with E-state index in [1.807, 2.05) is 0 Å². The van der Waals surface area contributed by atoms with Crippen molar-refractivity contribution in [3.63, 3.8) is 0 Å². The number of aromatic nitrogens is 2. The number of aliphatic hydroxyl groups is 1. The van der Waals surface area contributed by atoms with E-state index in [2.05, 4.69) is 10.2 Å². The number of halogens is 2. The summed E-state index contributed by atoms with van der Waals surface area (Å²) in [5.41, 5.74) is 0.161. The molecule has 1 aromatic heterocycles. The van der Waals surface area contributed by atoms with Gasteiger partial charge in [0.05, 0.1) is 12.5 Å². The number of nitrogens with zero attached hydrogens (tertiary/aromatic N) is 2. The van der Waals surface area contributed by atoms with Gasteiger partial charge in [0.15, 0.2) is 10.3 Å². The molecule has 0 fully saturated rings. The van der Waals surface area contributed by atoms with Crippen LogP contribution in [-0.2, 0) is 4.79 Å². The van der Waals surface area contributed by atoms with Crippen LogP contribution in [0.25, 0.3) is 0 Å². The van der Waals surface area contributed by atoms with E-state index in [1.54, 1.807) is 0 Å². The van der Waals surface area contributed by atoms with Crippen LogP contribution in [0.2, 0.25) is 10.3 Å². The van der Waals surface area contributed by atoms with Crippen LogP contribution in [0, 0.1) is 0 Å². The second-order valence-electron chi connectivity index (χ2n) is 2.53. The summed E-state index contributed by atoms with van der Waals surface area (Å²) < 4.78 is 0. The van der Waals surface area contributed by atoms with Crippen molar-refractivity contribution >= 4 is 29.2 Å². The van der Waals surface area contributed by atoms with Gasteiger partial charge in [-0.1, -0.05) is 23.2 Å². The number of carboxylic acids is 1. The fourth-order valence-corrected chi connectivity index (χ4v) is 1.25. The van der Waals surface area contributed by atoms with Gasteiger partial charge in [-0.25, -0.2) is 0 Å². The first-order chi connectivity index (χ1) is 6.50. The minimum Gasteiger partial charge on any atom is -0.481 e. The summed E-state index contributed by atoms with van der Waals surface area (Å²) in [5, 5.41) is 24.7. The van der Waals surface area contributed by atoms with Crippen molar-refractivity contribution in [2.75, 3.05) is 0 Å². The maximum Gasteiger partial charge on any atom is 0.306 e. The summed E-state index contributed by atoms with van der Waals surface area (Å²) in [5.74, 6) is -1.14. The summed E-state index contributed by atoms with van der Waals surface area (Å²) in [7, 11) is 0. The smallest absolute Gasteiger partial charge is 0.306 e. The Morgan fingerprint density at radius 3 is 2.71 bits per heavy atom. The molecule has 1 rings (SSSR count). The molecule has 2 N–H and O–H groups in total. The Balaban J connectivity index is 2.93. The van der Waals surface area contributed by atoms with Crippen LogP contribution >= 0.6 is 23.2 Å². The number of carbonyl (C=O) groups is 1. The zero-order valence-corrected chi connectivity index (χ0v) is 8.33. The SMILES string of the molecule is O=C(O)CC(O)c1cc(Cl)nnc1Cl. The third kappa shape index (κ3) is 2.80. The second-order valence-corrected chi connectivity index (χ2v) is 3.27. The Kier molecular flexibility index (Phi) is 3.62. The molecule has 0 radical (unpaired) electrons. The molecule has 0 aliphatic heterocycles. The molecule has 5 nitrogen and oxygen atoms in total. The molecule has 1 unspecified atom stereocenters. The van der Waals surface area contributed by atoms with Crippen molar-refractivity contribution in [3.05, 3.63) is 21.9 Å².